The Kier molecular flexibility index (Phi) is 2.90. The molecule has 13 heavy (non-hydrogen) atoms. The lowest BCUT2D eigenvalue weighted by Crippen LogP contribution is -2.45. The van der Waals surface area contributed by atoms with Gasteiger partial charge < -0.3 is 10.0 Å². The minimum Gasteiger partial charge on any atom is -0.480 e. The molecule has 0 aliphatic heterocycles. The molecule has 0 bridgehead atoms. The lowest BCUT2D eigenvalue weighted by atomic mass is 10.1. The van der Waals surface area contributed by atoms with Gasteiger partial charge in [0.15, 0.2) is 0 Å². The number of amides is 1. The lowest BCUT2D eigenvalue weighted by molar-refractivity contribution is -0.148. The van der Waals surface area contributed by atoms with Gasteiger partial charge in [0, 0.05) is 6.04 Å². The molecule has 0 spiro atoms. The van der Waals surface area contributed by atoms with Crippen LogP contribution >= 0.6 is 0 Å². The van der Waals surface area contributed by atoms with Crippen molar-refractivity contribution in [2.24, 2.45) is 5.92 Å². The summed E-state index contributed by atoms with van der Waals surface area (Å²) in [6.07, 6.45) is 2.49. The number of carbonyl (C=O) groups is 2. The smallest absolute Gasteiger partial charge is 0.326 e. The van der Waals surface area contributed by atoms with Gasteiger partial charge in [-0.25, -0.2) is 4.79 Å². The first-order chi connectivity index (χ1) is 6.07. The molecule has 1 rings (SSSR count). The van der Waals surface area contributed by atoms with Crippen LogP contribution in [0.3, 0.4) is 0 Å². The Morgan fingerprint density at radius 3 is 2.31 bits per heavy atom. The van der Waals surface area contributed by atoms with Crippen molar-refractivity contribution in [3.63, 3.8) is 0 Å². The summed E-state index contributed by atoms with van der Waals surface area (Å²) in [5.41, 5.74) is 0. The van der Waals surface area contributed by atoms with Gasteiger partial charge in [0.2, 0.25) is 6.41 Å². The van der Waals surface area contributed by atoms with Crippen molar-refractivity contribution in [1.29, 1.82) is 0 Å². The fourth-order valence-electron chi connectivity index (χ4n) is 1.49. The molecule has 1 unspecified atom stereocenters. The summed E-state index contributed by atoms with van der Waals surface area (Å²) in [6, 6.07) is -0.656. The molecule has 1 fully saturated rings. The van der Waals surface area contributed by atoms with Gasteiger partial charge in [0.1, 0.15) is 6.04 Å². The van der Waals surface area contributed by atoms with E-state index in [0.29, 0.717) is 6.41 Å². The average Bonchev–Trinajstić information content (AvgIpc) is 2.80. The molecule has 4 nitrogen and oxygen atoms in total. The van der Waals surface area contributed by atoms with E-state index in [4.69, 9.17) is 5.11 Å². The molecule has 0 radical (unpaired) electrons. The molecule has 0 aromatic heterocycles. The maximum absolute atomic E-state index is 10.9. The minimum absolute atomic E-state index is 0.0424. The van der Waals surface area contributed by atoms with Crippen LogP contribution in [0.1, 0.15) is 26.7 Å². The van der Waals surface area contributed by atoms with Gasteiger partial charge in [0.25, 0.3) is 0 Å². The second kappa shape index (κ2) is 3.77. The molecule has 1 aliphatic rings. The molecule has 0 saturated heterocycles. The third kappa shape index (κ3) is 2.20. The molecule has 0 aromatic rings. The summed E-state index contributed by atoms with van der Waals surface area (Å²) in [6.45, 7) is 3.65. The number of carbonyl (C=O) groups excluding carboxylic acids is 1. The van der Waals surface area contributed by atoms with Crippen LogP contribution in [0.2, 0.25) is 0 Å². The predicted molar refractivity (Wildman–Crippen MR) is 47.2 cm³/mol. The Bertz CT molecular complexity index is 211. The van der Waals surface area contributed by atoms with E-state index in [9.17, 15) is 9.59 Å². The summed E-state index contributed by atoms with van der Waals surface area (Å²) in [4.78, 5) is 23.0. The van der Waals surface area contributed by atoms with E-state index < -0.39 is 12.0 Å². The quantitative estimate of drug-likeness (QED) is 0.642. The normalized spacial score (nSPS) is 18.4. The maximum atomic E-state index is 10.9. The van der Waals surface area contributed by atoms with Gasteiger partial charge >= 0.3 is 5.97 Å². The van der Waals surface area contributed by atoms with Crippen LogP contribution in [0, 0.1) is 5.92 Å². The number of rotatable bonds is 5. The molecule has 1 amide bonds. The summed E-state index contributed by atoms with van der Waals surface area (Å²) < 4.78 is 0. The van der Waals surface area contributed by atoms with Crippen LogP contribution in [0.4, 0.5) is 0 Å². The van der Waals surface area contributed by atoms with Crippen molar-refractivity contribution in [3.8, 4) is 0 Å². The number of hydrogen-bond donors (Lipinski definition) is 1. The Morgan fingerprint density at radius 2 is 2.08 bits per heavy atom. The van der Waals surface area contributed by atoms with Gasteiger partial charge in [-0.1, -0.05) is 0 Å². The van der Waals surface area contributed by atoms with E-state index in [0.717, 1.165) is 12.8 Å². The highest BCUT2D eigenvalue weighted by molar-refractivity contribution is 5.77. The number of aliphatic carboxylic acids is 1. The van der Waals surface area contributed by atoms with Crippen LogP contribution in [0.15, 0.2) is 0 Å². The number of carboxylic acid groups (broad SMARTS) is 1. The van der Waals surface area contributed by atoms with Gasteiger partial charge in [-0.2, -0.15) is 0 Å². The Labute approximate surface area is 77.5 Å². The van der Waals surface area contributed by atoms with Crippen molar-refractivity contribution in [2.75, 3.05) is 0 Å². The SMILES string of the molecule is CC(C)N(C=O)C(C(=O)O)C1CC1. The fourth-order valence-corrected chi connectivity index (χ4v) is 1.49. The second-order valence-electron chi connectivity index (χ2n) is 3.77. The van der Waals surface area contributed by atoms with E-state index >= 15 is 0 Å². The maximum Gasteiger partial charge on any atom is 0.326 e. The second-order valence-corrected chi connectivity index (χ2v) is 3.77. The first-order valence-electron chi connectivity index (χ1n) is 4.53. The first kappa shape index (κ1) is 10.0. The molecule has 0 heterocycles. The van der Waals surface area contributed by atoms with Gasteiger partial charge in [-0.05, 0) is 32.6 Å². The Balaban J connectivity index is 2.71. The molecule has 74 valence electrons. The molecule has 1 N–H and O–H groups in total. The van der Waals surface area contributed by atoms with Crippen LogP contribution in [0.5, 0.6) is 0 Å². The summed E-state index contributed by atoms with van der Waals surface area (Å²) in [7, 11) is 0. The summed E-state index contributed by atoms with van der Waals surface area (Å²) in [5, 5.41) is 8.93. The minimum atomic E-state index is -0.886. The van der Waals surface area contributed by atoms with Crippen molar-refractivity contribution >= 4 is 12.4 Å². The van der Waals surface area contributed by atoms with E-state index in [2.05, 4.69) is 0 Å². The number of hydrogen-bond acceptors (Lipinski definition) is 2. The monoisotopic (exact) mass is 185 g/mol. The van der Waals surface area contributed by atoms with Gasteiger partial charge in [-0.15, -0.1) is 0 Å². The van der Waals surface area contributed by atoms with E-state index in [1.165, 1.54) is 4.90 Å². The molecule has 1 atom stereocenters. The molecule has 1 aliphatic carbocycles. The average molecular weight is 185 g/mol. The first-order valence-corrected chi connectivity index (χ1v) is 4.53. The van der Waals surface area contributed by atoms with Crippen molar-refractivity contribution in [3.05, 3.63) is 0 Å². The topological polar surface area (TPSA) is 57.6 Å². The van der Waals surface area contributed by atoms with E-state index in [-0.39, 0.29) is 12.0 Å². The van der Waals surface area contributed by atoms with Crippen molar-refractivity contribution < 1.29 is 14.7 Å². The standard InChI is InChI=1S/C9H15NO3/c1-6(2)10(5-11)8(9(12)13)7-3-4-7/h5-8H,3-4H2,1-2H3,(H,12,13). The molecule has 4 heteroatoms. The summed E-state index contributed by atoms with van der Waals surface area (Å²) >= 11 is 0. The number of carboxylic acids is 1. The fraction of sp³-hybridized carbons (Fsp3) is 0.778. The predicted octanol–water partition coefficient (Wildman–Crippen LogP) is 0.716. The van der Waals surface area contributed by atoms with E-state index in [1.54, 1.807) is 0 Å². The third-order valence-electron chi connectivity index (χ3n) is 2.36. The highest BCUT2D eigenvalue weighted by Gasteiger charge is 2.40. The Hall–Kier alpha value is -1.06. The zero-order valence-electron chi connectivity index (χ0n) is 7.93. The van der Waals surface area contributed by atoms with Crippen LogP contribution in [0.25, 0.3) is 0 Å². The summed E-state index contributed by atoms with van der Waals surface area (Å²) in [5.74, 6) is -0.714. The van der Waals surface area contributed by atoms with Crippen molar-refractivity contribution in [1.82, 2.24) is 4.90 Å². The van der Waals surface area contributed by atoms with Gasteiger partial charge in [-0.3, -0.25) is 4.79 Å². The van der Waals surface area contributed by atoms with Crippen LogP contribution in [-0.2, 0) is 9.59 Å². The lowest BCUT2D eigenvalue weighted by Gasteiger charge is -2.28. The van der Waals surface area contributed by atoms with Crippen molar-refractivity contribution in [2.45, 2.75) is 38.8 Å². The van der Waals surface area contributed by atoms with Crippen LogP contribution < -0.4 is 0 Å². The molecule has 0 aromatic carbocycles. The Morgan fingerprint density at radius 1 is 1.54 bits per heavy atom. The van der Waals surface area contributed by atoms with Gasteiger partial charge in [0.05, 0.1) is 0 Å². The largest absolute Gasteiger partial charge is 0.480 e. The third-order valence-corrected chi connectivity index (χ3v) is 2.36. The van der Waals surface area contributed by atoms with E-state index in [1.807, 2.05) is 13.8 Å². The number of nitrogens with zero attached hydrogens (tertiary/aromatic N) is 1. The zero-order chi connectivity index (χ0) is 10.0. The molecular formula is C9H15NO3. The highest BCUT2D eigenvalue weighted by atomic mass is 16.4. The molecular weight excluding hydrogens is 170 g/mol. The molecule has 1 saturated carbocycles. The highest BCUT2D eigenvalue weighted by Crippen LogP contribution is 2.35. The van der Waals surface area contributed by atoms with Crippen LogP contribution in [-0.4, -0.2) is 34.5 Å². The zero-order valence-corrected chi connectivity index (χ0v) is 7.93.